The maximum absolute atomic E-state index is 11.8. The second-order valence-electron chi connectivity index (χ2n) is 3.93. The van der Waals surface area contributed by atoms with Crippen LogP contribution in [0.1, 0.15) is 18.9 Å². The first-order valence-electron chi connectivity index (χ1n) is 5.21. The molecule has 0 radical (unpaired) electrons. The van der Waals surface area contributed by atoms with Gasteiger partial charge in [-0.3, -0.25) is 0 Å². The van der Waals surface area contributed by atoms with Gasteiger partial charge in [0.25, 0.3) is 0 Å². The molecule has 0 saturated carbocycles. The molecule has 0 fully saturated rings. The van der Waals surface area contributed by atoms with Crippen LogP contribution in [0.4, 0.5) is 0 Å². The van der Waals surface area contributed by atoms with Crippen LogP contribution in [0.2, 0.25) is 0 Å². The molecule has 0 aliphatic carbocycles. The summed E-state index contributed by atoms with van der Waals surface area (Å²) >= 11 is 4.73. The first kappa shape index (κ1) is 14.1. The molecule has 0 spiro atoms. The molecule has 0 saturated heterocycles. The highest BCUT2D eigenvalue weighted by atomic mass is 32.2. The monoisotopic (exact) mass is 272 g/mol. The van der Waals surface area contributed by atoms with Crippen molar-refractivity contribution in [3.8, 4) is 0 Å². The number of nitrogens with one attached hydrogen (secondary N) is 1. The van der Waals surface area contributed by atoms with E-state index in [1.165, 1.54) is 0 Å². The molecule has 1 unspecified atom stereocenters. The summed E-state index contributed by atoms with van der Waals surface area (Å²) in [6, 6.07) is 8.74. The molecule has 0 heterocycles. The average molecular weight is 272 g/mol. The molecule has 6 heteroatoms. The van der Waals surface area contributed by atoms with E-state index in [2.05, 4.69) is 4.72 Å². The lowest BCUT2D eigenvalue weighted by molar-refractivity contribution is 0.564. The van der Waals surface area contributed by atoms with Crippen molar-refractivity contribution >= 4 is 27.2 Å². The summed E-state index contributed by atoms with van der Waals surface area (Å²) in [5.74, 6) is -0.0322. The van der Waals surface area contributed by atoms with Crippen LogP contribution in [0.5, 0.6) is 0 Å². The third-order valence-electron chi connectivity index (χ3n) is 2.09. The van der Waals surface area contributed by atoms with Gasteiger partial charge in [0.15, 0.2) is 0 Å². The molecular formula is C11H16N2O2S2. The van der Waals surface area contributed by atoms with Gasteiger partial charge in [-0.2, -0.15) is 0 Å². The van der Waals surface area contributed by atoms with Crippen molar-refractivity contribution in [1.82, 2.24) is 4.72 Å². The molecule has 1 aromatic rings. The first-order chi connectivity index (χ1) is 7.89. The average Bonchev–Trinajstić information content (AvgIpc) is 2.15. The molecule has 3 N–H and O–H groups in total. The smallest absolute Gasteiger partial charge is 0.216 e. The molecule has 0 aliphatic heterocycles. The highest BCUT2D eigenvalue weighted by Gasteiger charge is 2.15. The normalized spacial score (nSPS) is 13.2. The van der Waals surface area contributed by atoms with E-state index in [0.717, 1.165) is 5.56 Å². The Hall–Kier alpha value is -0.980. The summed E-state index contributed by atoms with van der Waals surface area (Å²) < 4.78 is 26.1. The van der Waals surface area contributed by atoms with Crippen molar-refractivity contribution in [2.75, 3.05) is 0 Å². The molecule has 0 aliphatic rings. The third-order valence-corrected chi connectivity index (χ3v) is 3.73. The number of hydrogen-bond acceptors (Lipinski definition) is 3. The highest BCUT2D eigenvalue weighted by molar-refractivity contribution is 7.88. The summed E-state index contributed by atoms with van der Waals surface area (Å²) in [5.41, 5.74) is 6.11. The number of nitrogens with two attached hydrogens (primary N) is 1. The molecule has 94 valence electrons. The van der Waals surface area contributed by atoms with Crippen molar-refractivity contribution in [3.63, 3.8) is 0 Å². The maximum atomic E-state index is 11.8. The van der Waals surface area contributed by atoms with Crippen LogP contribution in [0.15, 0.2) is 30.3 Å². The Bertz CT molecular complexity index is 472. The van der Waals surface area contributed by atoms with Gasteiger partial charge in [-0.25, -0.2) is 13.1 Å². The number of thiocarbonyl (C=S) groups is 1. The van der Waals surface area contributed by atoms with E-state index in [-0.39, 0.29) is 11.8 Å². The van der Waals surface area contributed by atoms with E-state index in [0.29, 0.717) is 11.4 Å². The van der Waals surface area contributed by atoms with Crippen molar-refractivity contribution in [2.45, 2.75) is 25.1 Å². The van der Waals surface area contributed by atoms with Crippen molar-refractivity contribution < 1.29 is 8.42 Å². The number of sulfonamides is 1. The van der Waals surface area contributed by atoms with Gasteiger partial charge >= 0.3 is 0 Å². The Morgan fingerprint density at radius 2 is 2.00 bits per heavy atom. The Morgan fingerprint density at radius 3 is 2.53 bits per heavy atom. The first-order valence-corrected chi connectivity index (χ1v) is 7.27. The molecule has 1 atom stereocenters. The lowest BCUT2D eigenvalue weighted by Crippen LogP contribution is -2.36. The predicted molar refractivity (Wildman–Crippen MR) is 73.1 cm³/mol. The Morgan fingerprint density at radius 1 is 1.41 bits per heavy atom. The van der Waals surface area contributed by atoms with Crippen LogP contribution < -0.4 is 10.5 Å². The Labute approximate surface area is 107 Å². The lowest BCUT2D eigenvalue weighted by atomic mass is 10.2. The fourth-order valence-electron chi connectivity index (χ4n) is 1.49. The topological polar surface area (TPSA) is 72.2 Å². The lowest BCUT2D eigenvalue weighted by Gasteiger charge is -2.13. The zero-order valence-corrected chi connectivity index (χ0v) is 11.2. The van der Waals surface area contributed by atoms with E-state index in [1.54, 1.807) is 19.1 Å². The molecule has 4 nitrogen and oxygen atoms in total. The molecule has 0 aromatic heterocycles. The maximum Gasteiger partial charge on any atom is 0.216 e. The summed E-state index contributed by atoms with van der Waals surface area (Å²) in [6.07, 6.45) is 0.364. The molecule has 1 aromatic carbocycles. The van der Waals surface area contributed by atoms with Gasteiger partial charge in [-0.1, -0.05) is 42.5 Å². The van der Waals surface area contributed by atoms with Crippen molar-refractivity contribution in [2.24, 2.45) is 5.73 Å². The SMILES string of the molecule is CC(CC(N)=S)NS(=O)(=O)Cc1ccccc1. The third kappa shape index (κ3) is 5.76. The Balaban J connectivity index is 2.61. The van der Waals surface area contributed by atoms with E-state index in [1.807, 2.05) is 18.2 Å². The van der Waals surface area contributed by atoms with Crippen molar-refractivity contribution in [1.29, 1.82) is 0 Å². The number of rotatable bonds is 6. The number of hydrogen-bond donors (Lipinski definition) is 2. The minimum Gasteiger partial charge on any atom is -0.393 e. The van der Waals surface area contributed by atoms with E-state index in [9.17, 15) is 8.42 Å². The fourth-order valence-corrected chi connectivity index (χ4v) is 3.15. The zero-order chi connectivity index (χ0) is 12.9. The van der Waals surface area contributed by atoms with Gasteiger partial charge in [0.05, 0.1) is 10.7 Å². The van der Waals surface area contributed by atoms with Crippen LogP contribution in [0, 0.1) is 0 Å². The Kier molecular flexibility index (Phi) is 5.04. The van der Waals surface area contributed by atoms with E-state index < -0.39 is 10.0 Å². The summed E-state index contributed by atoms with van der Waals surface area (Å²) in [6.45, 7) is 1.74. The van der Waals surface area contributed by atoms with E-state index in [4.69, 9.17) is 18.0 Å². The zero-order valence-electron chi connectivity index (χ0n) is 9.59. The fraction of sp³-hybridized carbons (Fsp3) is 0.364. The van der Waals surface area contributed by atoms with Gasteiger partial charge in [0.1, 0.15) is 0 Å². The second-order valence-corrected chi connectivity index (χ2v) is 6.21. The quantitative estimate of drug-likeness (QED) is 0.763. The minimum atomic E-state index is -3.34. The van der Waals surface area contributed by atoms with Gasteiger partial charge in [0, 0.05) is 12.5 Å². The molecule has 0 bridgehead atoms. The molecule has 17 heavy (non-hydrogen) atoms. The van der Waals surface area contributed by atoms with Crippen LogP contribution in [0.25, 0.3) is 0 Å². The summed E-state index contributed by atoms with van der Waals surface area (Å²) in [5, 5.41) is 0. The van der Waals surface area contributed by atoms with Crippen LogP contribution in [-0.4, -0.2) is 19.4 Å². The number of benzene rings is 1. The molecular weight excluding hydrogens is 256 g/mol. The van der Waals surface area contributed by atoms with Gasteiger partial charge < -0.3 is 5.73 Å². The van der Waals surface area contributed by atoms with Gasteiger partial charge in [-0.15, -0.1) is 0 Å². The summed E-state index contributed by atoms with van der Waals surface area (Å²) in [7, 11) is -3.34. The molecule has 0 amide bonds. The van der Waals surface area contributed by atoms with Crippen LogP contribution >= 0.6 is 12.2 Å². The van der Waals surface area contributed by atoms with Crippen LogP contribution in [0.3, 0.4) is 0 Å². The predicted octanol–water partition coefficient (Wildman–Crippen LogP) is 1.17. The van der Waals surface area contributed by atoms with Crippen LogP contribution in [-0.2, 0) is 15.8 Å². The highest BCUT2D eigenvalue weighted by Crippen LogP contribution is 2.05. The second kappa shape index (κ2) is 6.09. The molecule has 1 rings (SSSR count). The van der Waals surface area contributed by atoms with E-state index >= 15 is 0 Å². The standard InChI is InChI=1S/C11H16N2O2S2/c1-9(7-11(12)16)13-17(14,15)8-10-5-3-2-4-6-10/h2-6,9,13H,7-8H2,1H3,(H2,12,16). The minimum absolute atomic E-state index is 0.0322. The van der Waals surface area contributed by atoms with Gasteiger partial charge in [-0.05, 0) is 12.5 Å². The summed E-state index contributed by atoms with van der Waals surface area (Å²) in [4.78, 5) is 0.305. The largest absolute Gasteiger partial charge is 0.393 e. The van der Waals surface area contributed by atoms with Gasteiger partial charge in [0.2, 0.25) is 10.0 Å². The van der Waals surface area contributed by atoms with Crippen molar-refractivity contribution in [3.05, 3.63) is 35.9 Å².